The number of carbonyl (C=O) groups is 3. The molecular weight excluding hydrogens is 464 g/mol. The summed E-state index contributed by atoms with van der Waals surface area (Å²) in [6.07, 6.45) is 1.03. The highest BCUT2D eigenvalue weighted by Crippen LogP contribution is 2.35. The average Bonchev–Trinajstić information content (AvgIpc) is 3.41. The second-order valence-corrected chi connectivity index (χ2v) is 9.98. The fourth-order valence-corrected chi connectivity index (χ4v) is 4.82. The number of methoxy groups -OCH3 is 1. The van der Waals surface area contributed by atoms with Crippen molar-refractivity contribution in [3.05, 3.63) is 59.4 Å². The Hall–Kier alpha value is -4.06. The predicted octanol–water partition coefficient (Wildman–Crippen LogP) is 1.50. The van der Waals surface area contributed by atoms with E-state index < -0.39 is 27.5 Å². The molecule has 1 atom stereocenters. The van der Waals surface area contributed by atoms with Crippen molar-refractivity contribution in [2.24, 2.45) is 0 Å². The fourth-order valence-electron chi connectivity index (χ4n) is 4.27. The van der Waals surface area contributed by atoms with Crippen LogP contribution in [-0.4, -0.2) is 51.1 Å². The molecule has 2 aliphatic rings. The minimum Gasteiger partial charge on any atom is -0.497 e. The Kier molecular flexibility index (Phi) is 4.79. The lowest BCUT2D eigenvalue weighted by atomic mass is 9.95. The fraction of sp³-hybridized carbons (Fsp3) is 0.227. The second-order valence-electron chi connectivity index (χ2n) is 8.24. The van der Waals surface area contributed by atoms with Crippen LogP contribution in [0.1, 0.15) is 21.7 Å². The molecular formula is C22H20N4O7S. The molecule has 1 fully saturated rings. The molecule has 176 valence electrons. The molecule has 0 radical (unpaired) electrons. The quantitative estimate of drug-likeness (QED) is 0.449. The standard InChI is InChI=1S/C22H20N4O7S/c1-32-15-5-3-12-10-26(19(27)16(12)9-15)11-22(20(28)23-21(29)24-22)18-8-13-7-14(25-34(2,30)31)4-6-17(13)33-18/h3-9,25H,10-11H2,1-2H3,(H2,23,24,28,29). The molecule has 11 nitrogen and oxygen atoms in total. The number of hydrogen-bond donors (Lipinski definition) is 3. The van der Waals surface area contributed by atoms with Gasteiger partial charge >= 0.3 is 6.03 Å². The summed E-state index contributed by atoms with van der Waals surface area (Å²) in [6, 6.07) is 10.6. The number of imide groups is 1. The lowest BCUT2D eigenvalue weighted by molar-refractivity contribution is -0.125. The van der Waals surface area contributed by atoms with E-state index >= 15 is 0 Å². The Morgan fingerprint density at radius 1 is 1.15 bits per heavy atom. The lowest BCUT2D eigenvalue weighted by Crippen LogP contribution is -2.52. The average molecular weight is 484 g/mol. The maximum Gasteiger partial charge on any atom is 0.322 e. The van der Waals surface area contributed by atoms with Gasteiger partial charge in [-0.2, -0.15) is 0 Å². The van der Waals surface area contributed by atoms with Gasteiger partial charge in [-0.1, -0.05) is 6.07 Å². The Labute approximate surface area is 194 Å². The van der Waals surface area contributed by atoms with Gasteiger partial charge in [-0.15, -0.1) is 0 Å². The molecule has 12 heteroatoms. The topological polar surface area (TPSA) is 147 Å². The van der Waals surface area contributed by atoms with Gasteiger partial charge in [0.2, 0.25) is 10.0 Å². The van der Waals surface area contributed by atoms with Gasteiger partial charge in [-0.05, 0) is 42.0 Å². The van der Waals surface area contributed by atoms with Gasteiger partial charge < -0.3 is 19.4 Å². The highest BCUT2D eigenvalue weighted by molar-refractivity contribution is 7.92. The van der Waals surface area contributed by atoms with Crippen molar-refractivity contribution in [1.82, 2.24) is 15.5 Å². The van der Waals surface area contributed by atoms with Gasteiger partial charge in [-0.25, -0.2) is 13.2 Å². The number of anilines is 1. The molecule has 5 rings (SSSR count). The molecule has 3 aromatic rings. The van der Waals surface area contributed by atoms with E-state index in [1.807, 2.05) is 0 Å². The summed E-state index contributed by atoms with van der Waals surface area (Å²) in [7, 11) is -1.99. The van der Waals surface area contributed by atoms with Crippen LogP contribution < -0.4 is 20.1 Å². The number of benzene rings is 2. The molecule has 0 spiro atoms. The predicted molar refractivity (Wildman–Crippen MR) is 121 cm³/mol. The minimum absolute atomic E-state index is 0.115. The normalized spacial score (nSPS) is 19.8. The molecule has 0 saturated carbocycles. The largest absolute Gasteiger partial charge is 0.497 e. The van der Waals surface area contributed by atoms with E-state index in [0.29, 0.717) is 28.0 Å². The summed E-state index contributed by atoms with van der Waals surface area (Å²) < 4.78 is 36.6. The Bertz CT molecular complexity index is 1480. The number of sulfonamides is 1. The first-order chi connectivity index (χ1) is 16.1. The molecule has 3 heterocycles. The van der Waals surface area contributed by atoms with E-state index in [4.69, 9.17) is 9.15 Å². The zero-order valence-corrected chi connectivity index (χ0v) is 19.0. The number of nitrogens with zero attached hydrogens (tertiary/aromatic N) is 1. The Balaban J connectivity index is 1.52. The molecule has 1 saturated heterocycles. The molecule has 34 heavy (non-hydrogen) atoms. The highest BCUT2D eigenvalue weighted by atomic mass is 32.2. The molecule has 1 aromatic heterocycles. The van der Waals surface area contributed by atoms with Crippen LogP contribution in [0.5, 0.6) is 5.75 Å². The first-order valence-electron chi connectivity index (χ1n) is 10.2. The van der Waals surface area contributed by atoms with Crippen molar-refractivity contribution in [1.29, 1.82) is 0 Å². The second kappa shape index (κ2) is 7.48. The number of fused-ring (bicyclic) bond motifs is 2. The van der Waals surface area contributed by atoms with Crippen molar-refractivity contribution >= 4 is 44.5 Å². The third kappa shape index (κ3) is 3.61. The summed E-state index contributed by atoms with van der Waals surface area (Å²) in [5, 5.41) is 5.35. The number of hydrogen-bond acceptors (Lipinski definition) is 7. The van der Waals surface area contributed by atoms with Gasteiger partial charge in [-0.3, -0.25) is 19.6 Å². The maximum absolute atomic E-state index is 13.1. The van der Waals surface area contributed by atoms with Crippen LogP contribution in [0.3, 0.4) is 0 Å². The van der Waals surface area contributed by atoms with Crippen LogP contribution in [0.2, 0.25) is 0 Å². The van der Waals surface area contributed by atoms with E-state index in [2.05, 4.69) is 15.4 Å². The van der Waals surface area contributed by atoms with Gasteiger partial charge in [0.1, 0.15) is 17.1 Å². The van der Waals surface area contributed by atoms with E-state index in [1.165, 1.54) is 18.1 Å². The number of ether oxygens (including phenoxy) is 1. The van der Waals surface area contributed by atoms with Crippen LogP contribution in [0, 0.1) is 0 Å². The number of amides is 4. The van der Waals surface area contributed by atoms with Crippen molar-refractivity contribution in [2.75, 3.05) is 24.6 Å². The zero-order chi connectivity index (χ0) is 24.3. The van der Waals surface area contributed by atoms with Crippen molar-refractivity contribution < 1.29 is 32.0 Å². The maximum atomic E-state index is 13.1. The van der Waals surface area contributed by atoms with E-state index in [0.717, 1.165) is 11.8 Å². The first-order valence-corrected chi connectivity index (χ1v) is 12.1. The summed E-state index contributed by atoms with van der Waals surface area (Å²) in [5.41, 5.74) is 0.258. The molecule has 0 bridgehead atoms. The number of urea groups is 1. The summed E-state index contributed by atoms with van der Waals surface area (Å²) >= 11 is 0. The third-order valence-corrected chi connectivity index (χ3v) is 6.41. The summed E-state index contributed by atoms with van der Waals surface area (Å²) in [4.78, 5) is 39.7. The molecule has 0 aliphatic carbocycles. The number of nitrogens with one attached hydrogen (secondary N) is 3. The monoisotopic (exact) mass is 484 g/mol. The molecule has 3 N–H and O–H groups in total. The molecule has 2 aromatic carbocycles. The highest BCUT2D eigenvalue weighted by Gasteiger charge is 2.53. The number of carbonyl (C=O) groups excluding carboxylic acids is 3. The van der Waals surface area contributed by atoms with Crippen molar-refractivity contribution in [3.63, 3.8) is 0 Å². The minimum atomic E-state index is -3.49. The van der Waals surface area contributed by atoms with Gasteiger partial charge in [0.25, 0.3) is 11.8 Å². The van der Waals surface area contributed by atoms with Crippen LogP contribution in [-0.2, 0) is 26.9 Å². The number of furan rings is 1. The molecule has 1 unspecified atom stereocenters. The van der Waals surface area contributed by atoms with Crippen LogP contribution >= 0.6 is 0 Å². The molecule has 4 amide bonds. The van der Waals surface area contributed by atoms with Crippen LogP contribution in [0.4, 0.5) is 10.5 Å². The van der Waals surface area contributed by atoms with Crippen LogP contribution in [0.25, 0.3) is 11.0 Å². The SMILES string of the molecule is COc1ccc2c(c1)C(=O)N(CC1(c3cc4cc(NS(C)(=O)=O)ccc4o3)NC(=O)NC1=O)C2. The van der Waals surface area contributed by atoms with E-state index in [1.54, 1.807) is 36.4 Å². The first kappa shape index (κ1) is 21.8. The summed E-state index contributed by atoms with van der Waals surface area (Å²) in [6.45, 7) is 0.0698. The zero-order valence-electron chi connectivity index (χ0n) is 18.2. The molecule has 2 aliphatic heterocycles. The van der Waals surface area contributed by atoms with Crippen molar-refractivity contribution in [3.8, 4) is 5.75 Å². The van der Waals surface area contributed by atoms with Crippen LogP contribution in [0.15, 0.2) is 46.9 Å². The van der Waals surface area contributed by atoms with Gasteiger partial charge in [0.05, 0.1) is 19.9 Å². The van der Waals surface area contributed by atoms with Gasteiger partial charge in [0.15, 0.2) is 5.54 Å². The Morgan fingerprint density at radius 3 is 2.62 bits per heavy atom. The third-order valence-electron chi connectivity index (χ3n) is 5.81. The lowest BCUT2D eigenvalue weighted by Gasteiger charge is -2.29. The van der Waals surface area contributed by atoms with E-state index in [-0.39, 0.29) is 24.8 Å². The van der Waals surface area contributed by atoms with E-state index in [9.17, 15) is 22.8 Å². The number of rotatable bonds is 6. The van der Waals surface area contributed by atoms with Gasteiger partial charge in [0, 0.05) is 23.2 Å². The van der Waals surface area contributed by atoms with Crippen molar-refractivity contribution in [2.45, 2.75) is 12.1 Å². The Morgan fingerprint density at radius 2 is 1.94 bits per heavy atom. The smallest absolute Gasteiger partial charge is 0.322 e. The summed E-state index contributed by atoms with van der Waals surface area (Å²) in [5.74, 6) is -0.319.